The zero-order chi connectivity index (χ0) is 18.8. The Morgan fingerprint density at radius 3 is 2.63 bits per heavy atom. The summed E-state index contributed by atoms with van der Waals surface area (Å²) in [4.78, 5) is 25.7. The van der Waals surface area contributed by atoms with E-state index in [2.05, 4.69) is 15.5 Å². The Hall–Kier alpha value is -3.74. The molecule has 27 heavy (non-hydrogen) atoms. The molecule has 1 aromatic heterocycles. The zero-order valence-electron chi connectivity index (χ0n) is 14.3. The Labute approximate surface area is 154 Å². The molecule has 4 rings (SSSR count). The number of amides is 1. The maximum absolute atomic E-state index is 12.2. The number of rotatable bonds is 5. The number of nitro groups is 1. The van der Waals surface area contributed by atoms with Crippen LogP contribution >= 0.6 is 0 Å². The fourth-order valence-electron chi connectivity index (χ4n) is 3.13. The maximum atomic E-state index is 12.2. The first-order valence-electron chi connectivity index (χ1n) is 8.50. The number of aryl methyl sites for hydroxylation is 1. The fourth-order valence-corrected chi connectivity index (χ4v) is 3.13. The topological polar surface area (TPSA) is 100 Å². The lowest BCUT2D eigenvalue weighted by Gasteiger charge is -2.03. The lowest BCUT2D eigenvalue weighted by Crippen LogP contribution is -2.13. The van der Waals surface area contributed by atoms with E-state index >= 15 is 0 Å². The van der Waals surface area contributed by atoms with E-state index in [1.807, 2.05) is 36.5 Å². The molecule has 134 valence electrons. The molecule has 7 heteroatoms. The van der Waals surface area contributed by atoms with Gasteiger partial charge in [0.05, 0.1) is 16.2 Å². The molecule has 2 N–H and O–H groups in total. The number of H-pyrrole nitrogens is 1. The number of aromatic amines is 1. The third-order valence-corrected chi connectivity index (χ3v) is 4.57. The number of non-ortho nitro benzene ring substituents is 1. The Kier molecular flexibility index (Phi) is 4.25. The van der Waals surface area contributed by atoms with Crippen molar-refractivity contribution in [2.75, 3.05) is 0 Å². The molecule has 0 saturated heterocycles. The number of hydrazone groups is 1. The van der Waals surface area contributed by atoms with Crippen molar-refractivity contribution in [1.29, 1.82) is 0 Å². The van der Waals surface area contributed by atoms with Gasteiger partial charge in [-0.25, -0.2) is 5.43 Å². The molecule has 1 aliphatic rings. The minimum absolute atomic E-state index is 0.0636. The third-order valence-electron chi connectivity index (χ3n) is 4.57. The van der Waals surface area contributed by atoms with E-state index in [0.29, 0.717) is 24.1 Å². The average Bonchev–Trinajstić information content (AvgIpc) is 3.25. The molecule has 7 nitrogen and oxygen atoms in total. The molecule has 0 fully saturated rings. The highest BCUT2D eigenvalue weighted by molar-refractivity contribution is 6.28. The molecular formula is C20H16N4O3. The molecule has 0 radical (unpaired) electrons. The molecule has 2 heterocycles. The minimum atomic E-state index is -0.421. The van der Waals surface area contributed by atoms with Gasteiger partial charge in [-0.15, -0.1) is 0 Å². The largest absolute Gasteiger partial charge is 0.361 e. The molecule has 2 aromatic carbocycles. The zero-order valence-corrected chi connectivity index (χ0v) is 14.3. The van der Waals surface area contributed by atoms with Crippen LogP contribution in [0.5, 0.6) is 0 Å². The van der Waals surface area contributed by atoms with Crippen molar-refractivity contribution in [3.63, 3.8) is 0 Å². The van der Waals surface area contributed by atoms with E-state index in [-0.39, 0.29) is 11.6 Å². The molecule has 1 aliphatic heterocycles. The van der Waals surface area contributed by atoms with Crippen molar-refractivity contribution < 1.29 is 9.72 Å². The summed E-state index contributed by atoms with van der Waals surface area (Å²) in [6, 6.07) is 14.3. The minimum Gasteiger partial charge on any atom is -0.361 e. The standard InChI is InChI=1S/C20H16N4O3/c25-20-17(11-14-12-21-18-4-2-1-3-16(14)18)19(22-23-20)10-7-13-5-8-15(9-6-13)24(26)27/h1-6,8-9,11-12,21H,7,10H2,(H,23,25). The van der Waals surface area contributed by atoms with E-state index in [4.69, 9.17) is 0 Å². The summed E-state index contributed by atoms with van der Waals surface area (Å²) in [5.74, 6) is -0.223. The van der Waals surface area contributed by atoms with Gasteiger partial charge in [-0.1, -0.05) is 30.3 Å². The molecule has 0 bridgehead atoms. The van der Waals surface area contributed by atoms with Crippen LogP contribution in [-0.4, -0.2) is 21.5 Å². The van der Waals surface area contributed by atoms with E-state index in [0.717, 1.165) is 22.0 Å². The van der Waals surface area contributed by atoms with Crippen LogP contribution in [0, 0.1) is 10.1 Å². The predicted molar refractivity (Wildman–Crippen MR) is 103 cm³/mol. The molecular weight excluding hydrogens is 344 g/mol. The molecule has 0 spiro atoms. The van der Waals surface area contributed by atoms with Crippen molar-refractivity contribution >= 4 is 34.3 Å². The fraction of sp³-hybridized carbons (Fsp3) is 0.100. The van der Waals surface area contributed by atoms with Gasteiger partial charge in [0.25, 0.3) is 11.6 Å². The van der Waals surface area contributed by atoms with E-state index in [1.54, 1.807) is 12.1 Å². The maximum Gasteiger partial charge on any atom is 0.273 e. The molecule has 0 unspecified atom stereocenters. The van der Waals surface area contributed by atoms with Crippen molar-refractivity contribution in [2.24, 2.45) is 5.10 Å². The summed E-state index contributed by atoms with van der Waals surface area (Å²) in [6.45, 7) is 0. The van der Waals surface area contributed by atoms with Crippen LogP contribution < -0.4 is 5.43 Å². The number of nitro benzene ring substituents is 1. The Morgan fingerprint density at radius 1 is 1.07 bits per heavy atom. The summed E-state index contributed by atoms with van der Waals surface area (Å²) in [7, 11) is 0. The van der Waals surface area contributed by atoms with Gasteiger partial charge in [-0.3, -0.25) is 14.9 Å². The van der Waals surface area contributed by atoms with Crippen LogP contribution in [0.15, 0.2) is 65.4 Å². The summed E-state index contributed by atoms with van der Waals surface area (Å²) in [5, 5.41) is 15.9. The van der Waals surface area contributed by atoms with Crippen LogP contribution in [0.4, 0.5) is 5.69 Å². The van der Waals surface area contributed by atoms with Gasteiger partial charge >= 0.3 is 0 Å². The Morgan fingerprint density at radius 2 is 1.85 bits per heavy atom. The van der Waals surface area contributed by atoms with Crippen LogP contribution in [0.1, 0.15) is 17.5 Å². The SMILES string of the molecule is O=C1NN=C(CCc2ccc([N+](=O)[O-])cc2)C1=Cc1c[nH]c2ccccc12. The second-order valence-corrected chi connectivity index (χ2v) is 6.27. The average molecular weight is 360 g/mol. The van der Waals surface area contributed by atoms with Crippen molar-refractivity contribution in [3.05, 3.63) is 81.5 Å². The first-order valence-corrected chi connectivity index (χ1v) is 8.50. The lowest BCUT2D eigenvalue weighted by molar-refractivity contribution is -0.384. The summed E-state index contributed by atoms with van der Waals surface area (Å²) >= 11 is 0. The van der Waals surface area contributed by atoms with Gasteiger partial charge in [-0.2, -0.15) is 5.10 Å². The first-order chi connectivity index (χ1) is 13.1. The van der Waals surface area contributed by atoms with Crippen LogP contribution in [-0.2, 0) is 11.2 Å². The summed E-state index contributed by atoms with van der Waals surface area (Å²) in [5.41, 5.74) is 6.70. The van der Waals surface area contributed by atoms with Crippen molar-refractivity contribution in [2.45, 2.75) is 12.8 Å². The Balaban J connectivity index is 1.54. The number of hydrogen-bond donors (Lipinski definition) is 2. The monoisotopic (exact) mass is 360 g/mol. The highest BCUT2D eigenvalue weighted by Gasteiger charge is 2.22. The van der Waals surface area contributed by atoms with Crippen molar-refractivity contribution in [3.8, 4) is 0 Å². The number of hydrogen-bond acceptors (Lipinski definition) is 4. The summed E-state index contributed by atoms with van der Waals surface area (Å²) in [6.07, 6.45) is 4.91. The third kappa shape index (κ3) is 3.35. The van der Waals surface area contributed by atoms with Gasteiger partial charge < -0.3 is 4.98 Å². The van der Waals surface area contributed by atoms with Gasteiger partial charge in [0.1, 0.15) is 0 Å². The number of para-hydroxylation sites is 1. The smallest absolute Gasteiger partial charge is 0.273 e. The number of nitrogens with zero attached hydrogens (tertiary/aromatic N) is 2. The molecule has 0 atom stereocenters. The predicted octanol–water partition coefficient (Wildman–Crippen LogP) is 3.58. The molecule has 0 saturated carbocycles. The van der Waals surface area contributed by atoms with Gasteiger partial charge in [0.15, 0.2) is 0 Å². The van der Waals surface area contributed by atoms with Crippen LogP contribution in [0.3, 0.4) is 0 Å². The highest BCUT2D eigenvalue weighted by Crippen LogP contribution is 2.23. The van der Waals surface area contributed by atoms with E-state index in [9.17, 15) is 14.9 Å². The normalized spacial score (nSPS) is 15.2. The van der Waals surface area contributed by atoms with E-state index < -0.39 is 4.92 Å². The Bertz CT molecular complexity index is 1090. The molecule has 0 aliphatic carbocycles. The number of benzene rings is 2. The summed E-state index contributed by atoms with van der Waals surface area (Å²) < 4.78 is 0. The quantitative estimate of drug-likeness (QED) is 0.413. The highest BCUT2D eigenvalue weighted by atomic mass is 16.6. The second kappa shape index (κ2) is 6.87. The van der Waals surface area contributed by atoms with Crippen LogP contribution in [0.25, 0.3) is 17.0 Å². The van der Waals surface area contributed by atoms with Crippen LogP contribution in [0.2, 0.25) is 0 Å². The first kappa shape index (κ1) is 16.7. The van der Waals surface area contributed by atoms with Gasteiger partial charge in [-0.05, 0) is 30.5 Å². The van der Waals surface area contributed by atoms with Gasteiger partial charge in [0.2, 0.25) is 0 Å². The number of nitrogens with one attached hydrogen (secondary N) is 2. The molecule has 1 amide bonds. The van der Waals surface area contributed by atoms with E-state index in [1.165, 1.54) is 12.1 Å². The molecule has 3 aromatic rings. The van der Waals surface area contributed by atoms with Gasteiger partial charge in [0, 0.05) is 34.8 Å². The number of carbonyl (C=O) groups is 1. The number of fused-ring (bicyclic) bond motifs is 1. The number of aromatic nitrogens is 1. The van der Waals surface area contributed by atoms with Crippen molar-refractivity contribution in [1.82, 2.24) is 10.4 Å². The number of carbonyl (C=O) groups excluding carboxylic acids is 1. The lowest BCUT2D eigenvalue weighted by atomic mass is 10.00. The second-order valence-electron chi connectivity index (χ2n) is 6.27.